The van der Waals surface area contributed by atoms with Crippen LogP contribution in [-0.2, 0) is 12.8 Å². The van der Waals surface area contributed by atoms with Crippen molar-refractivity contribution in [3.8, 4) is 0 Å². The molecule has 0 amide bonds. The van der Waals surface area contributed by atoms with Gasteiger partial charge in [0.25, 0.3) is 0 Å². The smallest absolute Gasteiger partial charge is 0.0679 e. The molecule has 18 heavy (non-hydrogen) atoms. The third kappa shape index (κ3) is 5.63. The van der Waals surface area contributed by atoms with Gasteiger partial charge in [0, 0.05) is 13.1 Å². The summed E-state index contributed by atoms with van der Waals surface area (Å²) in [6, 6.07) is 8.78. The van der Waals surface area contributed by atoms with Crippen molar-refractivity contribution in [3.63, 3.8) is 0 Å². The van der Waals surface area contributed by atoms with Crippen LogP contribution in [0.1, 0.15) is 24.5 Å². The Balaban J connectivity index is 2.30. The highest BCUT2D eigenvalue weighted by Crippen LogP contribution is 2.06. The topological polar surface area (TPSA) is 49.5 Å². The van der Waals surface area contributed by atoms with E-state index in [2.05, 4.69) is 36.1 Å². The summed E-state index contributed by atoms with van der Waals surface area (Å²) >= 11 is 0. The highest BCUT2D eigenvalue weighted by molar-refractivity contribution is 5.22. The molecule has 1 aromatic rings. The molecule has 0 spiro atoms. The number of nitrogens with zero attached hydrogens (tertiary/aromatic N) is 1. The number of hydrogen-bond donors (Lipinski definition) is 2. The standard InChI is InChI=1S/C15H26N2O/c1-3-13-4-6-14(7-5-13)9-11-17(2)12-15(18)8-10-16/h4-7,15,18H,3,8-12,16H2,1-2H3. The van der Waals surface area contributed by atoms with Crippen LogP contribution in [0.25, 0.3) is 0 Å². The van der Waals surface area contributed by atoms with Gasteiger partial charge in [0.2, 0.25) is 0 Å². The summed E-state index contributed by atoms with van der Waals surface area (Å²) in [5, 5.41) is 9.66. The van der Waals surface area contributed by atoms with Crippen LogP contribution in [0.3, 0.4) is 0 Å². The third-order valence-corrected chi connectivity index (χ3v) is 3.24. The van der Waals surface area contributed by atoms with E-state index in [1.165, 1.54) is 11.1 Å². The average molecular weight is 250 g/mol. The number of aryl methyl sites for hydroxylation is 1. The molecule has 0 aliphatic carbocycles. The van der Waals surface area contributed by atoms with Gasteiger partial charge in [-0.1, -0.05) is 31.2 Å². The lowest BCUT2D eigenvalue weighted by atomic mass is 10.1. The van der Waals surface area contributed by atoms with Crippen LogP contribution in [0.4, 0.5) is 0 Å². The van der Waals surface area contributed by atoms with Crippen LogP contribution in [0, 0.1) is 0 Å². The fourth-order valence-corrected chi connectivity index (χ4v) is 2.00. The van der Waals surface area contributed by atoms with Crippen molar-refractivity contribution in [2.45, 2.75) is 32.3 Å². The van der Waals surface area contributed by atoms with Crippen molar-refractivity contribution >= 4 is 0 Å². The van der Waals surface area contributed by atoms with Crippen molar-refractivity contribution in [2.24, 2.45) is 5.73 Å². The Labute approximate surface area is 111 Å². The summed E-state index contributed by atoms with van der Waals surface area (Å²) in [6.45, 7) is 4.38. The Bertz CT molecular complexity index is 324. The van der Waals surface area contributed by atoms with E-state index in [-0.39, 0.29) is 6.10 Å². The molecule has 0 fully saturated rings. The molecule has 0 saturated heterocycles. The second-order valence-electron chi connectivity index (χ2n) is 4.91. The average Bonchev–Trinajstić information content (AvgIpc) is 2.37. The predicted molar refractivity (Wildman–Crippen MR) is 76.7 cm³/mol. The largest absolute Gasteiger partial charge is 0.392 e. The molecule has 3 N–H and O–H groups in total. The molecule has 1 rings (SSSR count). The molecule has 0 bridgehead atoms. The van der Waals surface area contributed by atoms with Crippen molar-refractivity contribution in [1.29, 1.82) is 0 Å². The highest BCUT2D eigenvalue weighted by atomic mass is 16.3. The lowest BCUT2D eigenvalue weighted by Gasteiger charge is -2.20. The minimum atomic E-state index is -0.303. The van der Waals surface area contributed by atoms with E-state index in [9.17, 15) is 5.11 Å². The van der Waals surface area contributed by atoms with Crippen LogP contribution in [0.15, 0.2) is 24.3 Å². The maximum atomic E-state index is 9.66. The fraction of sp³-hybridized carbons (Fsp3) is 0.600. The Morgan fingerprint density at radius 2 is 1.83 bits per heavy atom. The SMILES string of the molecule is CCc1ccc(CCN(C)CC(O)CCN)cc1. The molecule has 0 aliphatic rings. The van der Waals surface area contributed by atoms with E-state index in [4.69, 9.17) is 5.73 Å². The Morgan fingerprint density at radius 1 is 1.22 bits per heavy atom. The first kappa shape index (κ1) is 15.2. The quantitative estimate of drug-likeness (QED) is 0.734. The molecule has 1 unspecified atom stereocenters. The van der Waals surface area contributed by atoms with Gasteiger partial charge in [-0.2, -0.15) is 0 Å². The first-order chi connectivity index (χ1) is 8.65. The lowest BCUT2D eigenvalue weighted by Crippen LogP contribution is -2.32. The summed E-state index contributed by atoms with van der Waals surface area (Å²) in [6.07, 6.45) is 2.49. The van der Waals surface area contributed by atoms with E-state index in [1.54, 1.807) is 0 Å². The normalized spacial score (nSPS) is 12.9. The minimum absolute atomic E-state index is 0.303. The van der Waals surface area contributed by atoms with Gasteiger partial charge in [-0.25, -0.2) is 0 Å². The maximum Gasteiger partial charge on any atom is 0.0679 e. The number of hydrogen-bond acceptors (Lipinski definition) is 3. The molecule has 0 aliphatic heterocycles. The molecular formula is C15H26N2O. The van der Waals surface area contributed by atoms with Crippen molar-refractivity contribution in [3.05, 3.63) is 35.4 Å². The molecule has 0 radical (unpaired) electrons. The molecule has 0 heterocycles. The number of rotatable bonds is 8. The van der Waals surface area contributed by atoms with Crippen molar-refractivity contribution in [2.75, 3.05) is 26.7 Å². The van der Waals surface area contributed by atoms with Crippen LogP contribution >= 0.6 is 0 Å². The van der Waals surface area contributed by atoms with Crippen LogP contribution < -0.4 is 5.73 Å². The van der Waals surface area contributed by atoms with Gasteiger partial charge in [0.15, 0.2) is 0 Å². The minimum Gasteiger partial charge on any atom is -0.392 e. The van der Waals surface area contributed by atoms with E-state index < -0.39 is 0 Å². The zero-order valence-corrected chi connectivity index (χ0v) is 11.6. The lowest BCUT2D eigenvalue weighted by molar-refractivity contribution is 0.120. The van der Waals surface area contributed by atoms with Gasteiger partial charge in [-0.3, -0.25) is 0 Å². The van der Waals surface area contributed by atoms with Crippen molar-refractivity contribution in [1.82, 2.24) is 4.90 Å². The molecule has 102 valence electrons. The van der Waals surface area contributed by atoms with Gasteiger partial charge in [0.1, 0.15) is 0 Å². The van der Waals surface area contributed by atoms with E-state index >= 15 is 0 Å². The Kier molecular flexibility index (Phi) is 6.94. The van der Waals surface area contributed by atoms with Crippen molar-refractivity contribution < 1.29 is 5.11 Å². The number of nitrogens with two attached hydrogens (primary N) is 1. The van der Waals surface area contributed by atoms with Gasteiger partial charge in [-0.15, -0.1) is 0 Å². The monoisotopic (exact) mass is 250 g/mol. The number of aliphatic hydroxyl groups is 1. The first-order valence-electron chi connectivity index (χ1n) is 6.80. The Morgan fingerprint density at radius 3 is 2.39 bits per heavy atom. The zero-order valence-electron chi connectivity index (χ0n) is 11.6. The summed E-state index contributed by atoms with van der Waals surface area (Å²) in [5.41, 5.74) is 8.15. The molecule has 1 atom stereocenters. The summed E-state index contributed by atoms with van der Waals surface area (Å²) in [7, 11) is 2.04. The fourth-order valence-electron chi connectivity index (χ4n) is 2.00. The first-order valence-corrected chi connectivity index (χ1v) is 6.80. The number of aliphatic hydroxyl groups excluding tert-OH is 1. The molecule has 1 aromatic carbocycles. The summed E-state index contributed by atoms with van der Waals surface area (Å²) in [5.74, 6) is 0. The number of benzene rings is 1. The molecule has 3 nitrogen and oxygen atoms in total. The van der Waals surface area contributed by atoms with Gasteiger partial charge in [0.05, 0.1) is 6.10 Å². The maximum absolute atomic E-state index is 9.66. The second-order valence-corrected chi connectivity index (χ2v) is 4.91. The van der Waals surface area contributed by atoms with Gasteiger partial charge >= 0.3 is 0 Å². The highest BCUT2D eigenvalue weighted by Gasteiger charge is 2.07. The molecular weight excluding hydrogens is 224 g/mol. The van der Waals surface area contributed by atoms with Crippen LogP contribution in [-0.4, -0.2) is 42.8 Å². The van der Waals surface area contributed by atoms with E-state index in [0.29, 0.717) is 19.5 Å². The molecule has 0 saturated carbocycles. The second kappa shape index (κ2) is 8.25. The van der Waals surface area contributed by atoms with E-state index in [0.717, 1.165) is 19.4 Å². The van der Waals surface area contributed by atoms with Gasteiger partial charge in [-0.05, 0) is 44.0 Å². The predicted octanol–water partition coefficient (Wildman–Crippen LogP) is 1.43. The summed E-state index contributed by atoms with van der Waals surface area (Å²) in [4.78, 5) is 2.16. The third-order valence-electron chi connectivity index (χ3n) is 3.24. The van der Waals surface area contributed by atoms with Crippen LogP contribution in [0.5, 0.6) is 0 Å². The van der Waals surface area contributed by atoms with E-state index in [1.807, 2.05) is 7.05 Å². The zero-order chi connectivity index (χ0) is 13.4. The van der Waals surface area contributed by atoms with Gasteiger partial charge < -0.3 is 15.7 Å². The molecule has 3 heteroatoms. The van der Waals surface area contributed by atoms with Crippen LogP contribution in [0.2, 0.25) is 0 Å². The summed E-state index contributed by atoms with van der Waals surface area (Å²) < 4.78 is 0. The Hall–Kier alpha value is -0.900. The number of likely N-dealkylation sites (N-methyl/N-ethyl adjacent to an activating group) is 1. The molecule has 0 aromatic heterocycles.